The molecular weight excluding hydrogens is 246 g/mol. The van der Waals surface area contributed by atoms with Crippen molar-refractivity contribution in [1.29, 1.82) is 0 Å². The van der Waals surface area contributed by atoms with Gasteiger partial charge >= 0.3 is 0 Å². The van der Waals surface area contributed by atoms with Crippen LogP contribution in [-0.2, 0) is 6.42 Å². The van der Waals surface area contributed by atoms with E-state index >= 15 is 0 Å². The second-order valence-corrected chi connectivity index (χ2v) is 5.59. The van der Waals surface area contributed by atoms with Crippen LogP contribution in [0, 0.1) is 6.92 Å². The maximum absolute atomic E-state index is 12.3. The molecule has 0 unspecified atom stereocenters. The molecule has 0 atom stereocenters. The number of aryl methyl sites for hydroxylation is 1. The van der Waals surface area contributed by atoms with Gasteiger partial charge in [0, 0.05) is 17.7 Å². The van der Waals surface area contributed by atoms with Gasteiger partial charge in [-0.1, -0.05) is 49.7 Å². The molecule has 0 amide bonds. The Kier molecular flexibility index (Phi) is 4.23. The van der Waals surface area contributed by atoms with Gasteiger partial charge in [0.15, 0.2) is 5.78 Å². The van der Waals surface area contributed by atoms with Crippen LogP contribution in [0.25, 0.3) is 0 Å². The Morgan fingerprint density at radius 1 is 1.10 bits per heavy atom. The second kappa shape index (κ2) is 5.91. The molecule has 0 fully saturated rings. The summed E-state index contributed by atoms with van der Waals surface area (Å²) in [5.74, 6) is 0.579. The molecule has 0 radical (unpaired) electrons. The molecule has 104 valence electrons. The third kappa shape index (κ3) is 3.27. The topological polar surface area (TPSA) is 43.1 Å². The van der Waals surface area contributed by atoms with E-state index < -0.39 is 0 Å². The Bertz CT molecular complexity index is 612. The van der Waals surface area contributed by atoms with Gasteiger partial charge in [0.2, 0.25) is 0 Å². The summed E-state index contributed by atoms with van der Waals surface area (Å²) in [6, 6.07) is 13.8. The van der Waals surface area contributed by atoms with Crippen molar-refractivity contribution >= 4 is 11.5 Å². The molecule has 0 saturated heterocycles. The van der Waals surface area contributed by atoms with Gasteiger partial charge in [-0.25, -0.2) is 0 Å². The van der Waals surface area contributed by atoms with E-state index in [9.17, 15) is 4.79 Å². The minimum absolute atomic E-state index is 0.0727. The number of hydrogen-bond acceptors (Lipinski definition) is 2. The number of carbonyl (C=O) groups excluding carboxylic acids is 1. The molecule has 0 aliphatic heterocycles. The first-order valence-corrected chi connectivity index (χ1v) is 6.95. The molecular formula is C18H21NO. The third-order valence-corrected chi connectivity index (χ3v) is 3.52. The zero-order chi connectivity index (χ0) is 14.7. The molecule has 20 heavy (non-hydrogen) atoms. The van der Waals surface area contributed by atoms with Crippen molar-refractivity contribution in [3.05, 3.63) is 64.7 Å². The lowest BCUT2D eigenvalue weighted by atomic mass is 9.97. The van der Waals surface area contributed by atoms with E-state index in [0.29, 0.717) is 23.6 Å². The highest BCUT2D eigenvalue weighted by Crippen LogP contribution is 2.18. The monoisotopic (exact) mass is 267 g/mol. The van der Waals surface area contributed by atoms with E-state index in [1.165, 1.54) is 5.56 Å². The molecule has 0 aliphatic rings. The van der Waals surface area contributed by atoms with Crippen molar-refractivity contribution in [3.63, 3.8) is 0 Å². The van der Waals surface area contributed by atoms with Gasteiger partial charge in [0.1, 0.15) is 0 Å². The number of rotatable bonds is 4. The number of benzene rings is 2. The van der Waals surface area contributed by atoms with Gasteiger partial charge < -0.3 is 5.73 Å². The van der Waals surface area contributed by atoms with Crippen LogP contribution in [-0.4, -0.2) is 5.78 Å². The van der Waals surface area contributed by atoms with Crippen molar-refractivity contribution in [2.75, 3.05) is 5.73 Å². The number of Topliss-reactive ketones (excluding diaryl/α,β-unsaturated/α-hetero) is 1. The summed E-state index contributed by atoms with van der Waals surface area (Å²) in [6.45, 7) is 6.29. The summed E-state index contributed by atoms with van der Waals surface area (Å²) in [7, 11) is 0. The lowest BCUT2D eigenvalue weighted by Gasteiger charge is -2.08. The Morgan fingerprint density at radius 3 is 2.35 bits per heavy atom. The number of ketones is 1. The van der Waals surface area contributed by atoms with E-state index in [0.717, 1.165) is 11.1 Å². The summed E-state index contributed by atoms with van der Waals surface area (Å²) in [4.78, 5) is 12.3. The van der Waals surface area contributed by atoms with E-state index in [2.05, 4.69) is 26.0 Å². The standard InChI is InChI=1S/C18H21NO/c1-12(2)15-7-5-14(6-8-15)11-18(20)16-10-13(3)4-9-17(16)19/h4-10,12H,11,19H2,1-3H3. The van der Waals surface area contributed by atoms with Crippen LogP contribution in [0.2, 0.25) is 0 Å². The van der Waals surface area contributed by atoms with Crippen molar-refractivity contribution in [1.82, 2.24) is 0 Å². The minimum atomic E-state index is 0.0727. The van der Waals surface area contributed by atoms with Gasteiger partial charge in [0.25, 0.3) is 0 Å². The molecule has 2 rings (SSSR count). The van der Waals surface area contributed by atoms with E-state index in [1.54, 1.807) is 6.07 Å². The molecule has 0 spiro atoms. The fraction of sp³-hybridized carbons (Fsp3) is 0.278. The largest absolute Gasteiger partial charge is 0.398 e. The molecule has 0 heterocycles. The lowest BCUT2D eigenvalue weighted by Crippen LogP contribution is -2.07. The fourth-order valence-electron chi connectivity index (χ4n) is 2.21. The minimum Gasteiger partial charge on any atom is -0.398 e. The highest BCUT2D eigenvalue weighted by molar-refractivity contribution is 6.02. The first kappa shape index (κ1) is 14.3. The average Bonchev–Trinajstić information content (AvgIpc) is 2.42. The van der Waals surface area contributed by atoms with Gasteiger partial charge in [-0.3, -0.25) is 4.79 Å². The van der Waals surface area contributed by atoms with Crippen LogP contribution in [0.4, 0.5) is 5.69 Å². The zero-order valence-electron chi connectivity index (χ0n) is 12.3. The number of nitrogen functional groups attached to an aromatic ring is 1. The Balaban J connectivity index is 2.17. The third-order valence-electron chi connectivity index (χ3n) is 3.52. The van der Waals surface area contributed by atoms with Crippen LogP contribution in [0.1, 0.15) is 46.8 Å². The highest BCUT2D eigenvalue weighted by Gasteiger charge is 2.11. The maximum Gasteiger partial charge on any atom is 0.169 e. The van der Waals surface area contributed by atoms with Gasteiger partial charge in [0.05, 0.1) is 0 Å². The van der Waals surface area contributed by atoms with Crippen molar-refractivity contribution < 1.29 is 4.79 Å². The summed E-state index contributed by atoms with van der Waals surface area (Å²) in [6.07, 6.45) is 0.395. The molecule has 0 saturated carbocycles. The molecule has 2 aromatic rings. The predicted octanol–water partition coefficient (Wildman–Crippen LogP) is 4.13. The SMILES string of the molecule is Cc1ccc(N)c(C(=O)Cc2ccc(C(C)C)cc2)c1. The molecule has 2 aromatic carbocycles. The number of anilines is 1. The number of carbonyl (C=O) groups is 1. The number of hydrogen-bond donors (Lipinski definition) is 1. The van der Waals surface area contributed by atoms with Crippen LogP contribution in [0.3, 0.4) is 0 Å². The average molecular weight is 267 g/mol. The van der Waals surface area contributed by atoms with Crippen LogP contribution in [0.5, 0.6) is 0 Å². The van der Waals surface area contributed by atoms with Crippen molar-refractivity contribution in [3.8, 4) is 0 Å². The van der Waals surface area contributed by atoms with Crippen LogP contribution in [0.15, 0.2) is 42.5 Å². The first-order chi connectivity index (χ1) is 9.47. The molecule has 0 bridgehead atoms. The quantitative estimate of drug-likeness (QED) is 0.668. The summed E-state index contributed by atoms with van der Waals surface area (Å²) < 4.78 is 0. The normalized spacial score (nSPS) is 10.8. The van der Waals surface area contributed by atoms with Crippen molar-refractivity contribution in [2.24, 2.45) is 0 Å². The highest BCUT2D eigenvalue weighted by atomic mass is 16.1. The summed E-state index contributed by atoms with van der Waals surface area (Å²) >= 11 is 0. The smallest absolute Gasteiger partial charge is 0.169 e. The molecule has 2 nitrogen and oxygen atoms in total. The summed E-state index contributed by atoms with van der Waals surface area (Å²) in [5, 5.41) is 0. The van der Waals surface area contributed by atoms with Crippen LogP contribution >= 0.6 is 0 Å². The van der Waals surface area contributed by atoms with Gasteiger partial charge in [-0.05, 0) is 36.1 Å². The predicted molar refractivity (Wildman–Crippen MR) is 84.2 cm³/mol. The van der Waals surface area contributed by atoms with E-state index in [-0.39, 0.29) is 5.78 Å². The van der Waals surface area contributed by atoms with Crippen LogP contribution < -0.4 is 5.73 Å². The molecule has 2 N–H and O–H groups in total. The molecule has 2 heteroatoms. The maximum atomic E-state index is 12.3. The van der Waals surface area contributed by atoms with Gasteiger partial charge in [-0.2, -0.15) is 0 Å². The van der Waals surface area contributed by atoms with Gasteiger partial charge in [-0.15, -0.1) is 0 Å². The summed E-state index contributed by atoms with van der Waals surface area (Å²) in [5.41, 5.74) is 10.4. The fourth-order valence-corrected chi connectivity index (χ4v) is 2.21. The first-order valence-electron chi connectivity index (χ1n) is 6.95. The second-order valence-electron chi connectivity index (χ2n) is 5.59. The Morgan fingerprint density at radius 2 is 1.75 bits per heavy atom. The Hall–Kier alpha value is -2.09. The molecule has 0 aliphatic carbocycles. The lowest BCUT2D eigenvalue weighted by molar-refractivity contribution is 0.0993. The van der Waals surface area contributed by atoms with Crippen molar-refractivity contribution in [2.45, 2.75) is 33.1 Å². The van der Waals surface area contributed by atoms with E-state index in [1.807, 2.05) is 31.2 Å². The number of nitrogens with two attached hydrogens (primary N) is 1. The van der Waals surface area contributed by atoms with E-state index in [4.69, 9.17) is 5.73 Å². The Labute approximate surface area is 120 Å². The zero-order valence-corrected chi connectivity index (χ0v) is 12.3. The molecule has 0 aromatic heterocycles.